The molecule has 0 amide bonds. The molecule has 0 N–H and O–H groups in total. The van der Waals surface area contributed by atoms with E-state index in [1.165, 1.54) is 6.07 Å². The van der Waals surface area contributed by atoms with Crippen LogP contribution in [-0.2, 0) is 6.18 Å². The summed E-state index contributed by atoms with van der Waals surface area (Å²) < 4.78 is 37.9. The second kappa shape index (κ2) is 4.87. The number of carbonyl (C=O) groups excluding carboxylic acids is 1. The van der Waals surface area contributed by atoms with Crippen molar-refractivity contribution in [3.8, 4) is 0 Å². The van der Waals surface area contributed by atoms with Gasteiger partial charge in [0.2, 0.25) is 0 Å². The van der Waals surface area contributed by atoms with E-state index in [9.17, 15) is 18.0 Å². The van der Waals surface area contributed by atoms with E-state index in [2.05, 4.69) is 0 Å². The number of hydrogen-bond acceptors (Lipinski definition) is 1. The predicted molar refractivity (Wildman–Crippen MR) is 55.7 cm³/mol. The largest absolute Gasteiger partial charge is 0.417 e. The van der Waals surface area contributed by atoms with E-state index in [0.717, 1.165) is 12.1 Å². The van der Waals surface area contributed by atoms with E-state index in [1.807, 2.05) is 0 Å². The van der Waals surface area contributed by atoms with E-state index in [-0.39, 0.29) is 17.0 Å². The Morgan fingerprint density at radius 1 is 1.38 bits per heavy atom. The molecule has 0 bridgehead atoms. The zero-order valence-electron chi connectivity index (χ0n) is 8.57. The van der Waals surface area contributed by atoms with Gasteiger partial charge < -0.3 is 0 Å². The number of carbonyl (C=O) groups is 1. The molecule has 0 atom stereocenters. The van der Waals surface area contributed by atoms with Crippen LogP contribution in [0.25, 0.3) is 0 Å². The first-order valence-electron chi connectivity index (χ1n) is 4.76. The molecule has 0 radical (unpaired) electrons. The Labute approximate surface area is 96.2 Å². The number of halogens is 4. The highest BCUT2D eigenvalue weighted by molar-refractivity contribution is 6.30. The Kier molecular flexibility index (Phi) is 3.97. The molecule has 0 saturated carbocycles. The molecule has 0 aromatic heterocycles. The molecule has 0 aliphatic rings. The molecule has 0 aliphatic heterocycles. The van der Waals surface area contributed by atoms with Crippen LogP contribution in [0.3, 0.4) is 0 Å². The first kappa shape index (κ1) is 13.0. The van der Waals surface area contributed by atoms with Crippen molar-refractivity contribution in [3.05, 3.63) is 34.3 Å². The maximum Gasteiger partial charge on any atom is 0.417 e. The lowest BCUT2D eigenvalue weighted by Crippen LogP contribution is -2.13. The highest BCUT2D eigenvalue weighted by Gasteiger charge is 2.35. The number of alkyl halides is 3. The molecule has 5 heteroatoms. The molecular weight excluding hydrogens is 241 g/mol. The molecular formula is C11H10ClF3O. The number of Topliss-reactive ketones (excluding diaryl/α,β-unsaturated/α-hetero) is 1. The van der Waals surface area contributed by atoms with Crippen LogP contribution in [0.2, 0.25) is 5.02 Å². The Morgan fingerprint density at radius 2 is 2.00 bits per heavy atom. The summed E-state index contributed by atoms with van der Waals surface area (Å²) in [5.74, 6) is -0.508. The van der Waals surface area contributed by atoms with Crippen molar-refractivity contribution in [3.63, 3.8) is 0 Å². The van der Waals surface area contributed by atoms with Gasteiger partial charge in [0.1, 0.15) is 0 Å². The number of rotatable bonds is 3. The average molecular weight is 251 g/mol. The lowest BCUT2D eigenvalue weighted by molar-refractivity contribution is -0.137. The van der Waals surface area contributed by atoms with Gasteiger partial charge in [0.05, 0.1) is 5.56 Å². The zero-order valence-corrected chi connectivity index (χ0v) is 9.32. The van der Waals surface area contributed by atoms with Crippen molar-refractivity contribution in [2.75, 3.05) is 0 Å². The van der Waals surface area contributed by atoms with E-state index in [1.54, 1.807) is 6.92 Å². The van der Waals surface area contributed by atoms with Crippen molar-refractivity contribution in [2.45, 2.75) is 25.9 Å². The van der Waals surface area contributed by atoms with Crippen molar-refractivity contribution in [2.24, 2.45) is 0 Å². The van der Waals surface area contributed by atoms with Crippen LogP contribution >= 0.6 is 11.6 Å². The van der Waals surface area contributed by atoms with Gasteiger partial charge in [-0.3, -0.25) is 4.79 Å². The van der Waals surface area contributed by atoms with E-state index in [4.69, 9.17) is 11.6 Å². The van der Waals surface area contributed by atoms with E-state index in [0.29, 0.717) is 6.42 Å². The molecule has 0 aliphatic carbocycles. The Hall–Kier alpha value is -1.03. The van der Waals surface area contributed by atoms with Crippen LogP contribution in [0.5, 0.6) is 0 Å². The first-order valence-corrected chi connectivity index (χ1v) is 5.14. The fraction of sp³-hybridized carbons (Fsp3) is 0.364. The molecule has 0 fully saturated rings. The SMILES string of the molecule is CCCC(=O)c1ccc(Cl)cc1C(F)(F)F. The smallest absolute Gasteiger partial charge is 0.294 e. The summed E-state index contributed by atoms with van der Waals surface area (Å²) in [6.45, 7) is 1.74. The van der Waals surface area contributed by atoms with E-state index < -0.39 is 17.5 Å². The van der Waals surface area contributed by atoms with Gasteiger partial charge in [-0.2, -0.15) is 13.2 Å². The normalized spacial score (nSPS) is 11.6. The summed E-state index contributed by atoms with van der Waals surface area (Å²) in [4.78, 5) is 11.5. The van der Waals surface area contributed by atoms with Crippen LogP contribution < -0.4 is 0 Å². The van der Waals surface area contributed by atoms with E-state index >= 15 is 0 Å². The lowest BCUT2D eigenvalue weighted by atomic mass is 10.0. The van der Waals surface area contributed by atoms with Gasteiger partial charge in [-0.25, -0.2) is 0 Å². The third-order valence-corrected chi connectivity index (χ3v) is 2.30. The standard InChI is InChI=1S/C11H10ClF3O/c1-2-3-10(16)8-5-4-7(12)6-9(8)11(13,14)15/h4-6H,2-3H2,1H3. The molecule has 1 aromatic rings. The van der Waals surface area contributed by atoms with Gasteiger partial charge in [-0.1, -0.05) is 18.5 Å². The number of hydrogen-bond donors (Lipinski definition) is 0. The number of benzene rings is 1. The third kappa shape index (κ3) is 2.98. The maximum absolute atomic E-state index is 12.6. The minimum atomic E-state index is -4.55. The maximum atomic E-state index is 12.6. The minimum absolute atomic E-state index is 0.0274. The van der Waals surface area contributed by atoms with Gasteiger partial charge in [-0.05, 0) is 24.6 Å². The van der Waals surface area contributed by atoms with Gasteiger partial charge in [-0.15, -0.1) is 0 Å². The molecule has 0 spiro atoms. The monoisotopic (exact) mass is 250 g/mol. The second-order valence-corrected chi connectivity index (χ2v) is 3.80. The summed E-state index contributed by atoms with van der Waals surface area (Å²) in [6.07, 6.45) is -3.94. The molecule has 88 valence electrons. The first-order chi connectivity index (χ1) is 7.36. The van der Waals surface area contributed by atoms with Gasteiger partial charge in [0.25, 0.3) is 0 Å². The van der Waals surface area contributed by atoms with Crippen LogP contribution in [0.1, 0.15) is 35.7 Å². The molecule has 1 nitrogen and oxygen atoms in total. The van der Waals surface area contributed by atoms with Crippen LogP contribution in [0.4, 0.5) is 13.2 Å². The topological polar surface area (TPSA) is 17.1 Å². The Morgan fingerprint density at radius 3 is 2.50 bits per heavy atom. The van der Waals surface area contributed by atoms with Crippen molar-refractivity contribution >= 4 is 17.4 Å². The van der Waals surface area contributed by atoms with Gasteiger partial charge in [0, 0.05) is 17.0 Å². The molecule has 1 rings (SSSR count). The summed E-state index contributed by atoms with van der Waals surface area (Å²) in [6, 6.07) is 3.20. The van der Waals surface area contributed by atoms with Gasteiger partial charge in [0.15, 0.2) is 5.78 Å². The van der Waals surface area contributed by atoms with Crippen LogP contribution in [-0.4, -0.2) is 5.78 Å². The molecule has 16 heavy (non-hydrogen) atoms. The Bertz CT molecular complexity index is 399. The zero-order chi connectivity index (χ0) is 12.3. The highest BCUT2D eigenvalue weighted by atomic mass is 35.5. The molecule has 0 unspecified atom stereocenters. The summed E-state index contributed by atoms with van der Waals surface area (Å²) in [7, 11) is 0. The second-order valence-electron chi connectivity index (χ2n) is 3.36. The predicted octanol–water partition coefficient (Wildman–Crippen LogP) is 4.34. The third-order valence-electron chi connectivity index (χ3n) is 2.06. The fourth-order valence-corrected chi connectivity index (χ4v) is 1.53. The van der Waals surface area contributed by atoms with Crippen molar-refractivity contribution in [1.29, 1.82) is 0 Å². The summed E-state index contributed by atoms with van der Waals surface area (Å²) in [5, 5.41) is -0.0274. The Balaban J connectivity index is 3.23. The highest BCUT2D eigenvalue weighted by Crippen LogP contribution is 2.34. The summed E-state index contributed by atoms with van der Waals surface area (Å²) in [5.41, 5.74) is -1.27. The van der Waals surface area contributed by atoms with Crippen molar-refractivity contribution < 1.29 is 18.0 Å². The molecule has 0 saturated heterocycles. The van der Waals surface area contributed by atoms with Gasteiger partial charge >= 0.3 is 6.18 Å². The minimum Gasteiger partial charge on any atom is -0.294 e. The lowest BCUT2D eigenvalue weighted by Gasteiger charge is -2.12. The van der Waals surface area contributed by atoms with Crippen LogP contribution in [0.15, 0.2) is 18.2 Å². The number of ketones is 1. The fourth-order valence-electron chi connectivity index (χ4n) is 1.36. The average Bonchev–Trinajstić information content (AvgIpc) is 2.16. The molecule has 1 aromatic carbocycles. The molecule has 0 heterocycles. The quantitative estimate of drug-likeness (QED) is 0.729. The summed E-state index contributed by atoms with van der Waals surface area (Å²) >= 11 is 5.49. The van der Waals surface area contributed by atoms with Crippen LogP contribution in [0, 0.1) is 0 Å². The van der Waals surface area contributed by atoms with Crippen molar-refractivity contribution in [1.82, 2.24) is 0 Å².